The summed E-state index contributed by atoms with van der Waals surface area (Å²) in [5.41, 5.74) is 6.64. The normalized spacial score (nSPS) is 10.2. The summed E-state index contributed by atoms with van der Waals surface area (Å²) in [6.07, 6.45) is 1.59. The summed E-state index contributed by atoms with van der Waals surface area (Å²) in [5, 5.41) is 0. The Balaban J connectivity index is 3.29. The zero-order chi connectivity index (χ0) is 8.43. The molecule has 0 saturated heterocycles. The van der Waals surface area contributed by atoms with Crippen molar-refractivity contribution in [1.82, 2.24) is 4.98 Å². The van der Waals surface area contributed by atoms with Gasteiger partial charge in [-0.15, -0.1) is 0 Å². The standard InChI is InChI=1S/C7H8BrFN2/c1-4-3-11-7(8)6(9)5(4)2-10/h3H,2,10H2,1H3. The maximum absolute atomic E-state index is 13.1. The van der Waals surface area contributed by atoms with E-state index >= 15 is 0 Å². The van der Waals surface area contributed by atoms with Gasteiger partial charge < -0.3 is 5.73 Å². The summed E-state index contributed by atoms with van der Waals surface area (Å²) >= 11 is 2.98. The van der Waals surface area contributed by atoms with Gasteiger partial charge in [0.2, 0.25) is 0 Å². The van der Waals surface area contributed by atoms with Crippen LogP contribution in [-0.4, -0.2) is 4.98 Å². The lowest BCUT2D eigenvalue weighted by molar-refractivity contribution is 0.593. The SMILES string of the molecule is Cc1cnc(Br)c(F)c1CN. The number of nitrogens with two attached hydrogens (primary N) is 1. The molecule has 0 bridgehead atoms. The zero-order valence-electron chi connectivity index (χ0n) is 6.06. The van der Waals surface area contributed by atoms with E-state index in [-0.39, 0.29) is 17.0 Å². The average Bonchev–Trinajstić information content (AvgIpc) is 1.99. The smallest absolute Gasteiger partial charge is 0.160 e. The Morgan fingerprint density at radius 1 is 1.73 bits per heavy atom. The van der Waals surface area contributed by atoms with Crippen molar-refractivity contribution in [3.05, 3.63) is 27.7 Å². The van der Waals surface area contributed by atoms with E-state index in [1.54, 1.807) is 13.1 Å². The number of nitrogens with zero attached hydrogens (tertiary/aromatic N) is 1. The number of aryl methyl sites for hydroxylation is 1. The second-order valence-electron chi connectivity index (χ2n) is 2.23. The minimum Gasteiger partial charge on any atom is -0.326 e. The van der Waals surface area contributed by atoms with Crippen LogP contribution < -0.4 is 5.73 Å². The highest BCUT2D eigenvalue weighted by molar-refractivity contribution is 9.10. The Kier molecular flexibility index (Phi) is 2.57. The molecule has 0 radical (unpaired) electrons. The highest BCUT2D eigenvalue weighted by Crippen LogP contribution is 2.18. The van der Waals surface area contributed by atoms with Crippen molar-refractivity contribution in [2.45, 2.75) is 13.5 Å². The zero-order valence-corrected chi connectivity index (χ0v) is 7.65. The Morgan fingerprint density at radius 2 is 2.36 bits per heavy atom. The van der Waals surface area contributed by atoms with Crippen molar-refractivity contribution in [2.75, 3.05) is 0 Å². The molecule has 0 aliphatic carbocycles. The maximum Gasteiger partial charge on any atom is 0.160 e. The van der Waals surface area contributed by atoms with Gasteiger partial charge in [0.1, 0.15) is 4.60 Å². The number of rotatable bonds is 1. The van der Waals surface area contributed by atoms with E-state index in [0.29, 0.717) is 5.56 Å². The molecule has 0 amide bonds. The topological polar surface area (TPSA) is 38.9 Å². The molecule has 2 nitrogen and oxygen atoms in total. The van der Waals surface area contributed by atoms with E-state index in [9.17, 15) is 4.39 Å². The lowest BCUT2D eigenvalue weighted by atomic mass is 10.1. The van der Waals surface area contributed by atoms with Crippen molar-refractivity contribution in [3.63, 3.8) is 0 Å². The molecule has 0 atom stereocenters. The number of aromatic nitrogens is 1. The van der Waals surface area contributed by atoms with Crippen LogP contribution in [0.5, 0.6) is 0 Å². The molecule has 1 rings (SSSR count). The van der Waals surface area contributed by atoms with E-state index < -0.39 is 0 Å². The molecule has 0 aromatic carbocycles. The molecule has 11 heavy (non-hydrogen) atoms. The fourth-order valence-corrected chi connectivity index (χ4v) is 1.18. The van der Waals surface area contributed by atoms with Gasteiger partial charge in [-0.1, -0.05) is 0 Å². The van der Waals surface area contributed by atoms with Gasteiger partial charge in [0.25, 0.3) is 0 Å². The largest absolute Gasteiger partial charge is 0.326 e. The highest BCUT2D eigenvalue weighted by Gasteiger charge is 2.08. The first-order chi connectivity index (χ1) is 5.16. The summed E-state index contributed by atoms with van der Waals surface area (Å²) in [5.74, 6) is -0.354. The maximum atomic E-state index is 13.1. The third kappa shape index (κ3) is 1.57. The first kappa shape index (κ1) is 8.62. The molecule has 0 aliphatic heterocycles. The number of pyridine rings is 1. The first-order valence-electron chi connectivity index (χ1n) is 3.16. The van der Waals surface area contributed by atoms with E-state index in [1.807, 2.05) is 0 Å². The highest BCUT2D eigenvalue weighted by atomic mass is 79.9. The van der Waals surface area contributed by atoms with Gasteiger partial charge in [0.05, 0.1) is 0 Å². The molecule has 0 aliphatic rings. The fourth-order valence-electron chi connectivity index (χ4n) is 0.836. The molecule has 1 heterocycles. The lowest BCUT2D eigenvalue weighted by Crippen LogP contribution is -2.04. The second-order valence-corrected chi connectivity index (χ2v) is 2.98. The molecular weight excluding hydrogens is 211 g/mol. The molecule has 60 valence electrons. The van der Waals surface area contributed by atoms with Crippen molar-refractivity contribution in [3.8, 4) is 0 Å². The lowest BCUT2D eigenvalue weighted by Gasteiger charge is -2.03. The average molecular weight is 219 g/mol. The van der Waals surface area contributed by atoms with E-state index in [4.69, 9.17) is 5.73 Å². The van der Waals surface area contributed by atoms with Gasteiger partial charge in [-0.05, 0) is 28.4 Å². The Morgan fingerprint density at radius 3 is 2.82 bits per heavy atom. The van der Waals surface area contributed by atoms with Gasteiger partial charge >= 0.3 is 0 Å². The van der Waals surface area contributed by atoms with Crippen LogP contribution >= 0.6 is 15.9 Å². The van der Waals surface area contributed by atoms with Crippen LogP contribution in [-0.2, 0) is 6.54 Å². The van der Waals surface area contributed by atoms with Crippen LogP contribution in [0.1, 0.15) is 11.1 Å². The van der Waals surface area contributed by atoms with Crippen molar-refractivity contribution >= 4 is 15.9 Å². The van der Waals surface area contributed by atoms with Gasteiger partial charge in [0.15, 0.2) is 5.82 Å². The molecule has 1 aromatic heterocycles. The molecule has 2 N–H and O–H groups in total. The summed E-state index contributed by atoms with van der Waals surface area (Å²) in [6, 6.07) is 0. The number of hydrogen-bond donors (Lipinski definition) is 1. The summed E-state index contributed by atoms with van der Waals surface area (Å²) in [7, 11) is 0. The van der Waals surface area contributed by atoms with Gasteiger partial charge in [-0.25, -0.2) is 9.37 Å². The minimum absolute atomic E-state index is 0.207. The van der Waals surface area contributed by atoms with Gasteiger partial charge in [-0.3, -0.25) is 0 Å². The molecule has 0 spiro atoms. The third-order valence-corrected chi connectivity index (χ3v) is 2.05. The van der Waals surface area contributed by atoms with Crippen LogP contribution in [0.3, 0.4) is 0 Å². The third-order valence-electron chi connectivity index (χ3n) is 1.50. The fraction of sp³-hybridized carbons (Fsp3) is 0.286. The molecular formula is C7H8BrFN2. The Labute approximate surface area is 72.8 Å². The van der Waals surface area contributed by atoms with Crippen molar-refractivity contribution in [2.24, 2.45) is 5.73 Å². The quantitative estimate of drug-likeness (QED) is 0.730. The van der Waals surface area contributed by atoms with Crippen LogP contribution in [0.25, 0.3) is 0 Å². The van der Waals surface area contributed by atoms with Crippen molar-refractivity contribution < 1.29 is 4.39 Å². The van der Waals surface area contributed by atoms with Crippen LogP contribution in [0.2, 0.25) is 0 Å². The predicted octanol–water partition coefficient (Wildman–Crippen LogP) is 1.75. The number of halogens is 2. The molecule has 1 aromatic rings. The molecule has 0 fully saturated rings. The predicted molar refractivity (Wildman–Crippen MR) is 44.5 cm³/mol. The Hall–Kier alpha value is -0.480. The van der Waals surface area contributed by atoms with Gasteiger partial charge in [-0.2, -0.15) is 0 Å². The van der Waals surface area contributed by atoms with Crippen LogP contribution in [0, 0.1) is 12.7 Å². The van der Waals surface area contributed by atoms with Gasteiger partial charge in [0, 0.05) is 18.3 Å². The van der Waals surface area contributed by atoms with Crippen LogP contribution in [0.4, 0.5) is 4.39 Å². The summed E-state index contributed by atoms with van der Waals surface area (Å²) in [4.78, 5) is 3.77. The van der Waals surface area contributed by atoms with E-state index in [0.717, 1.165) is 5.56 Å². The van der Waals surface area contributed by atoms with E-state index in [1.165, 1.54) is 0 Å². The Bertz CT molecular complexity index is 275. The van der Waals surface area contributed by atoms with Crippen LogP contribution in [0.15, 0.2) is 10.8 Å². The van der Waals surface area contributed by atoms with E-state index in [2.05, 4.69) is 20.9 Å². The monoisotopic (exact) mass is 218 g/mol. The first-order valence-corrected chi connectivity index (χ1v) is 3.95. The second kappa shape index (κ2) is 3.28. The van der Waals surface area contributed by atoms with Crippen molar-refractivity contribution in [1.29, 1.82) is 0 Å². The number of hydrogen-bond acceptors (Lipinski definition) is 2. The summed E-state index contributed by atoms with van der Waals surface area (Å²) < 4.78 is 13.3. The molecule has 4 heteroatoms. The molecule has 0 unspecified atom stereocenters. The molecule has 0 saturated carbocycles. The summed E-state index contributed by atoms with van der Waals surface area (Å²) in [6.45, 7) is 1.99. The minimum atomic E-state index is -0.354.